The van der Waals surface area contributed by atoms with Crippen molar-refractivity contribution in [1.29, 1.82) is 5.26 Å². The van der Waals surface area contributed by atoms with Crippen molar-refractivity contribution in [1.82, 2.24) is 4.90 Å². The molecule has 0 aliphatic carbocycles. The molecule has 116 valence electrons. The molecule has 0 spiro atoms. The van der Waals surface area contributed by atoms with Gasteiger partial charge in [-0.3, -0.25) is 4.99 Å². The zero-order chi connectivity index (χ0) is 16.5. The normalized spacial score (nSPS) is 16.0. The fraction of sp³-hybridized carbons (Fsp3) is 0.105. The van der Waals surface area contributed by atoms with E-state index in [0.29, 0.717) is 23.5 Å². The minimum Gasteiger partial charge on any atom is -0.507 e. The highest BCUT2D eigenvalue weighted by Gasteiger charge is 2.28. The van der Waals surface area contributed by atoms with Gasteiger partial charge in [-0.15, -0.1) is 0 Å². The summed E-state index contributed by atoms with van der Waals surface area (Å²) in [6.07, 6.45) is 1.65. The molecule has 0 bridgehead atoms. The van der Waals surface area contributed by atoms with Crippen LogP contribution in [0.25, 0.3) is 5.76 Å². The number of fused-ring (bicyclic) bond motifs is 3. The molecule has 5 heteroatoms. The van der Waals surface area contributed by atoms with Crippen molar-refractivity contribution >= 4 is 23.1 Å². The summed E-state index contributed by atoms with van der Waals surface area (Å²) in [5.41, 5.74) is 3.08. The minimum atomic E-state index is 0.115. The average Bonchev–Trinajstić information content (AvgIpc) is 3.12. The number of nitrogens with zero attached hydrogens (tertiary/aromatic N) is 4. The van der Waals surface area contributed by atoms with Gasteiger partial charge in [0.25, 0.3) is 0 Å². The predicted octanol–water partition coefficient (Wildman–Crippen LogP) is 3.26. The number of aliphatic hydroxyl groups excluding tert-OH is 1. The smallest absolute Gasteiger partial charge is 0.138 e. The third-order valence-corrected chi connectivity index (χ3v) is 4.07. The summed E-state index contributed by atoms with van der Waals surface area (Å²) in [6.45, 7) is 1.47. The molecular formula is C19H14N4O. The third-order valence-electron chi connectivity index (χ3n) is 4.07. The van der Waals surface area contributed by atoms with Crippen LogP contribution in [-0.2, 0) is 0 Å². The summed E-state index contributed by atoms with van der Waals surface area (Å²) in [5, 5.41) is 19.3. The molecule has 0 radical (unpaired) electrons. The molecular weight excluding hydrogens is 300 g/mol. The van der Waals surface area contributed by atoms with E-state index < -0.39 is 0 Å². The van der Waals surface area contributed by atoms with Gasteiger partial charge in [0, 0.05) is 23.7 Å². The predicted molar refractivity (Wildman–Crippen MR) is 93.4 cm³/mol. The van der Waals surface area contributed by atoms with Crippen molar-refractivity contribution in [3.8, 4) is 6.07 Å². The molecule has 2 aliphatic heterocycles. The fourth-order valence-corrected chi connectivity index (χ4v) is 2.88. The van der Waals surface area contributed by atoms with Crippen LogP contribution in [0, 0.1) is 11.3 Å². The number of hydrogen-bond donors (Lipinski definition) is 1. The van der Waals surface area contributed by atoms with E-state index in [4.69, 9.17) is 5.26 Å². The number of benzene rings is 2. The third kappa shape index (κ3) is 2.34. The van der Waals surface area contributed by atoms with Gasteiger partial charge in [0.05, 0.1) is 23.9 Å². The number of hydrogen-bond acceptors (Lipinski definition) is 5. The lowest BCUT2D eigenvalue weighted by Gasteiger charge is -2.25. The maximum Gasteiger partial charge on any atom is 0.138 e. The Morgan fingerprint density at radius 2 is 1.96 bits per heavy atom. The van der Waals surface area contributed by atoms with Gasteiger partial charge in [-0.05, 0) is 36.4 Å². The second kappa shape index (κ2) is 5.67. The summed E-state index contributed by atoms with van der Waals surface area (Å²) >= 11 is 0. The van der Waals surface area contributed by atoms with Gasteiger partial charge < -0.3 is 10.0 Å². The Balaban J connectivity index is 1.74. The van der Waals surface area contributed by atoms with Crippen LogP contribution >= 0.6 is 0 Å². The van der Waals surface area contributed by atoms with E-state index in [9.17, 15) is 5.11 Å². The Labute approximate surface area is 139 Å². The van der Waals surface area contributed by atoms with Crippen molar-refractivity contribution in [2.24, 2.45) is 9.98 Å². The van der Waals surface area contributed by atoms with E-state index in [0.717, 1.165) is 23.6 Å². The lowest BCUT2D eigenvalue weighted by molar-refractivity contribution is 0.511. The first-order chi connectivity index (χ1) is 11.8. The summed E-state index contributed by atoms with van der Waals surface area (Å²) in [5.74, 6) is 1.69. The van der Waals surface area contributed by atoms with E-state index in [1.165, 1.54) is 0 Å². The van der Waals surface area contributed by atoms with Crippen LogP contribution in [0.1, 0.15) is 16.7 Å². The zero-order valence-electron chi connectivity index (χ0n) is 12.8. The monoisotopic (exact) mass is 314 g/mol. The summed E-state index contributed by atoms with van der Waals surface area (Å²) in [4.78, 5) is 11.2. The zero-order valence-corrected chi connectivity index (χ0v) is 12.8. The number of amidine groups is 2. The average molecular weight is 314 g/mol. The lowest BCUT2D eigenvalue weighted by atomic mass is 10.1. The maximum atomic E-state index is 10.4. The van der Waals surface area contributed by atoms with Crippen LogP contribution in [0.5, 0.6) is 0 Å². The molecule has 0 aromatic heterocycles. The molecule has 0 saturated carbocycles. The number of nitriles is 1. The summed E-state index contributed by atoms with van der Waals surface area (Å²) in [7, 11) is 0. The van der Waals surface area contributed by atoms with Crippen LogP contribution in [0.3, 0.4) is 0 Å². The molecule has 1 N–H and O–H groups in total. The maximum absolute atomic E-state index is 10.4. The molecule has 2 aromatic carbocycles. The number of rotatable bonds is 2. The van der Waals surface area contributed by atoms with Gasteiger partial charge in [-0.2, -0.15) is 5.26 Å². The van der Waals surface area contributed by atoms with Gasteiger partial charge in [0.1, 0.15) is 17.4 Å². The molecule has 0 unspecified atom stereocenters. The first-order valence-corrected chi connectivity index (χ1v) is 7.67. The SMILES string of the molecule is N#Cc1ccc(/C(O)=C/C2=Nc3ccccc3C3=NCCN23)cc1. The van der Waals surface area contributed by atoms with Crippen molar-refractivity contribution in [2.75, 3.05) is 13.1 Å². The first kappa shape index (κ1) is 14.2. The van der Waals surface area contributed by atoms with Crippen molar-refractivity contribution in [2.45, 2.75) is 0 Å². The van der Waals surface area contributed by atoms with Crippen molar-refractivity contribution in [3.63, 3.8) is 0 Å². The second-order valence-corrected chi connectivity index (χ2v) is 5.56. The van der Waals surface area contributed by atoms with E-state index in [1.807, 2.05) is 29.2 Å². The van der Waals surface area contributed by atoms with Gasteiger partial charge in [0.2, 0.25) is 0 Å². The highest BCUT2D eigenvalue weighted by Crippen LogP contribution is 2.29. The first-order valence-electron chi connectivity index (χ1n) is 7.67. The van der Waals surface area contributed by atoms with Gasteiger partial charge >= 0.3 is 0 Å². The molecule has 2 heterocycles. The molecule has 0 atom stereocenters. The van der Waals surface area contributed by atoms with E-state index in [1.54, 1.807) is 30.3 Å². The Kier molecular flexibility index (Phi) is 3.36. The van der Waals surface area contributed by atoms with Crippen LogP contribution in [-0.4, -0.2) is 34.8 Å². The topological polar surface area (TPSA) is 72.0 Å². The summed E-state index contributed by atoms with van der Waals surface area (Å²) < 4.78 is 0. The van der Waals surface area contributed by atoms with Crippen LogP contribution in [0.15, 0.2) is 64.6 Å². The highest BCUT2D eigenvalue weighted by atomic mass is 16.3. The molecule has 4 rings (SSSR count). The molecule has 5 nitrogen and oxygen atoms in total. The van der Waals surface area contributed by atoms with Crippen molar-refractivity contribution < 1.29 is 5.11 Å². The van der Waals surface area contributed by atoms with E-state index >= 15 is 0 Å². The molecule has 0 amide bonds. The van der Waals surface area contributed by atoms with E-state index in [-0.39, 0.29) is 5.76 Å². The highest BCUT2D eigenvalue weighted by molar-refractivity contribution is 6.19. The number of aliphatic imine (C=N–C) groups is 2. The van der Waals surface area contributed by atoms with E-state index in [2.05, 4.69) is 16.1 Å². The molecule has 0 fully saturated rings. The quantitative estimate of drug-likeness (QED) is 0.865. The van der Waals surface area contributed by atoms with Crippen molar-refractivity contribution in [3.05, 3.63) is 71.3 Å². The lowest BCUT2D eigenvalue weighted by Crippen LogP contribution is -2.36. The number of aliphatic hydroxyl groups is 1. The van der Waals surface area contributed by atoms with Gasteiger partial charge in [0.15, 0.2) is 0 Å². The molecule has 0 saturated heterocycles. The molecule has 2 aliphatic rings. The standard InChI is InChI=1S/C19H14N4O/c20-12-13-5-7-14(8-6-13)17(24)11-18-22-16-4-2-1-3-15(16)19-21-9-10-23(18)19/h1-8,11,24H,9-10H2/b17-11-. The Hall–Kier alpha value is -3.39. The van der Waals surface area contributed by atoms with Gasteiger partial charge in [-0.25, -0.2) is 4.99 Å². The molecule has 2 aromatic rings. The Bertz CT molecular complexity index is 933. The van der Waals surface area contributed by atoms with Crippen LogP contribution in [0.2, 0.25) is 0 Å². The van der Waals surface area contributed by atoms with Crippen LogP contribution < -0.4 is 0 Å². The molecule has 24 heavy (non-hydrogen) atoms. The largest absolute Gasteiger partial charge is 0.507 e. The van der Waals surface area contributed by atoms with Gasteiger partial charge in [-0.1, -0.05) is 12.1 Å². The minimum absolute atomic E-state index is 0.115. The fourth-order valence-electron chi connectivity index (χ4n) is 2.88. The van der Waals surface area contributed by atoms with Crippen LogP contribution in [0.4, 0.5) is 5.69 Å². The second-order valence-electron chi connectivity index (χ2n) is 5.56. The number of para-hydroxylation sites is 1. The summed E-state index contributed by atoms with van der Waals surface area (Å²) in [6, 6.07) is 16.7. The Morgan fingerprint density at radius 1 is 1.17 bits per heavy atom. The Morgan fingerprint density at radius 3 is 2.75 bits per heavy atom.